The lowest BCUT2D eigenvalue weighted by molar-refractivity contribution is 0.305. The molecule has 0 spiro atoms. The van der Waals surface area contributed by atoms with E-state index in [-0.39, 0.29) is 0 Å². The van der Waals surface area contributed by atoms with Crippen LogP contribution in [-0.4, -0.2) is 27.9 Å². The average Bonchev–Trinajstić information content (AvgIpc) is 2.68. The number of benzene rings is 2. The van der Waals surface area contributed by atoms with Gasteiger partial charge in [0.15, 0.2) is 0 Å². The number of hydrogen-bond acceptors (Lipinski definition) is 4. The summed E-state index contributed by atoms with van der Waals surface area (Å²) in [7, 11) is 4.95. The SMILES string of the molecule is CCCCCCOc1ccc(-c2c(OC)cc(OC)c(I)c2OC)cc1. The Morgan fingerprint density at radius 1 is 0.846 bits per heavy atom. The second kappa shape index (κ2) is 10.5. The van der Waals surface area contributed by atoms with Crippen molar-refractivity contribution >= 4 is 22.6 Å². The van der Waals surface area contributed by atoms with Crippen LogP contribution in [0.1, 0.15) is 32.6 Å². The summed E-state index contributed by atoms with van der Waals surface area (Å²) in [6.45, 7) is 2.97. The van der Waals surface area contributed by atoms with Crippen molar-refractivity contribution in [2.75, 3.05) is 27.9 Å². The van der Waals surface area contributed by atoms with Gasteiger partial charge in [0.05, 0.1) is 37.1 Å². The predicted octanol–water partition coefficient (Wildman–Crippen LogP) is 5.94. The van der Waals surface area contributed by atoms with Crippen molar-refractivity contribution in [3.63, 3.8) is 0 Å². The van der Waals surface area contributed by atoms with E-state index < -0.39 is 0 Å². The third kappa shape index (κ3) is 4.96. The molecule has 26 heavy (non-hydrogen) atoms. The highest BCUT2D eigenvalue weighted by Crippen LogP contribution is 2.46. The molecule has 2 aromatic rings. The molecule has 0 N–H and O–H groups in total. The maximum absolute atomic E-state index is 5.83. The van der Waals surface area contributed by atoms with Crippen molar-refractivity contribution in [1.82, 2.24) is 0 Å². The van der Waals surface area contributed by atoms with Crippen LogP contribution in [0.25, 0.3) is 11.1 Å². The molecule has 4 nitrogen and oxygen atoms in total. The van der Waals surface area contributed by atoms with Gasteiger partial charge in [-0.3, -0.25) is 0 Å². The fourth-order valence-corrected chi connectivity index (χ4v) is 3.67. The van der Waals surface area contributed by atoms with E-state index in [2.05, 4.69) is 29.5 Å². The minimum Gasteiger partial charge on any atom is -0.496 e. The molecule has 0 aliphatic carbocycles. The van der Waals surface area contributed by atoms with Crippen LogP contribution in [0.15, 0.2) is 30.3 Å². The van der Waals surface area contributed by atoms with E-state index in [0.717, 1.165) is 45.0 Å². The molecule has 2 rings (SSSR count). The lowest BCUT2D eigenvalue weighted by Crippen LogP contribution is -1.99. The lowest BCUT2D eigenvalue weighted by Gasteiger charge is -2.18. The van der Waals surface area contributed by atoms with Crippen LogP contribution >= 0.6 is 22.6 Å². The Kier molecular flexibility index (Phi) is 8.35. The van der Waals surface area contributed by atoms with Crippen LogP contribution < -0.4 is 18.9 Å². The lowest BCUT2D eigenvalue weighted by atomic mass is 10.0. The first-order chi connectivity index (χ1) is 12.7. The molecule has 0 saturated carbocycles. The van der Waals surface area contributed by atoms with Gasteiger partial charge < -0.3 is 18.9 Å². The molecular weight excluding hydrogens is 443 g/mol. The van der Waals surface area contributed by atoms with Gasteiger partial charge in [-0.15, -0.1) is 0 Å². The molecule has 5 heteroatoms. The molecule has 142 valence electrons. The molecular formula is C21H27IO4. The highest BCUT2D eigenvalue weighted by molar-refractivity contribution is 14.1. The van der Waals surface area contributed by atoms with Gasteiger partial charge in [0.25, 0.3) is 0 Å². The van der Waals surface area contributed by atoms with Gasteiger partial charge in [-0.1, -0.05) is 38.3 Å². The Balaban J connectivity index is 2.24. The number of hydrogen-bond donors (Lipinski definition) is 0. The molecule has 0 unspecified atom stereocenters. The first-order valence-corrected chi connectivity index (χ1v) is 9.95. The Bertz CT molecular complexity index is 698. The highest BCUT2D eigenvalue weighted by Gasteiger charge is 2.20. The van der Waals surface area contributed by atoms with Gasteiger partial charge in [-0.2, -0.15) is 0 Å². The Morgan fingerprint density at radius 3 is 2.12 bits per heavy atom. The zero-order chi connectivity index (χ0) is 18.9. The summed E-state index contributed by atoms with van der Waals surface area (Å²) in [6, 6.07) is 9.93. The molecule has 2 aromatic carbocycles. The largest absolute Gasteiger partial charge is 0.496 e. The number of rotatable bonds is 10. The normalized spacial score (nSPS) is 10.5. The first-order valence-electron chi connectivity index (χ1n) is 8.87. The minimum absolute atomic E-state index is 0.715. The van der Waals surface area contributed by atoms with E-state index >= 15 is 0 Å². The summed E-state index contributed by atoms with van der Waals surface area (Å²) in [5, 5.41) is 0. The van der Waals surface area contributed by atoms with E-state index in [9.17, 15) is 0 Å². The van der Waals surface area contributed by atoms with E-state index in [1.54, 1.807) is 21.3 Å². The Labute approximate surface area is 169 Å². The smallest absolute Gasteiger partial charge is 0.147 e. The van der Waals surface area contributed by atoms with Gasteiger partial charge >= 0.3 is 0 Å². The highest BCUT2D eigenvalue weighted by atomic mass is 127. The van der Waals surface area contributed by atoms with Crippen LogP contribution in [0.4, 0.5) is 0 Å². The minimum atomic E-state index is 0.715. The van der Waals surface area contributed by atoms with Crippen LogP contribution in [0.2, 0.25) is 0 Å². The van der Waals surface area contributed by atoms with Gasteiger partial charge in [0.1, 0.15) is 23.0 Å². The molecule has 0 saturated heterocycles. The second-order valence-electron chi connectivity index (χ2n) is 5.94. The summed E-state index contributed by atoms with van der Waals surface area (Å²) in [4.78, 5) is 0. The van der Waals surface area contributed by atoms with E-state index in [1.807, 2.05) is 30.3 Å². The first kappa shape index (κ1) is 20.7. The maximum atomic E-state index is 5.83. The van der Waals surface area contributed by atoms with E-state index in [1.165, 1.54) is 19.3 Å². The molecule has 0 amide bonds. The molecule has 0 aliphatic rings. The summed E-state index contributed by atoms with van der Waals surface area (Å²) in [6.07, 6.45) is 4.80. The Morgan fingerprint density at radius 2 is 1.54 bits per heavy atom. The molecule has 0 aromatic heterocycles. The number of unbranched alkanes of at least 4 members (excludes halogenated alkanes) is 3. The zero-order valence-corrected chi connectivity index (χ0v) is 18.1. The molecule has 0 heterocycles. The number of methoxy groups -OCH3 is 3. The summed E-state index contributed by atoms with van der Waals surface area (Å²) in [5.41, 5.74) is 1.92. The van der Waals surface area contributed by atoms with Gasteiger partial charge in [-0.25, -0.2) is 0 Å². The quantitative estimate of drug-likeness (QED) is 0.318. The van der Waals surface area contributed by atoms with Crippen molar-refractivity contribution in [3.8, 4) is 34.1 Å². The number of halogens is 1. The van der Waals surface area contributed by atoms with Crippen LogP contribution in [-0.2, 0) is 0 Å². The van der Waals surface area contributed by atoms with Crippen molar-refractivity contribution in [2.45, 2.75) is 32.6 Å². The standard InChI is InChI=1S/C21H27IO4/c1-5-6-7-8-13-26-16-11-9-15(10-12-16)19-17(23-2)14-18(24-3)20(22)21(19)25-4/h9-12,14H,5-8,13H2,1-4H3. The third-order valence-corrected chi connectivity index (χ3v) is 5.23. The maximum Gasteiger partial charge on any atom is 0.147 e. The molecule has 0 atom stereocenters. The molecule has 0 bridgehead atoms. The fraction of sp³-hybridized carbons (Fsp3) is 0.429. The topological polar surface area (TPSA) is 36.9 Å². The summed E-state index contributed by atoms with van der Waals surface area (Å²) >= 11 is 2.23. The van der Waals surface area contributed by atoms with Crippen molar-refractivity contribution in [2.24, 2.45) is 0 Å². The summed E-state index contributed by atoms with van der Waals surface area (Å²) < 4.78 is 23.4. The second-order valence-corrected chi connectivity index (χ2v) is 7.02. The monoisotopic (exact) mass is 470 g/mol. The molecule has 0 fully saturated rings. The van der Waals surface area contributed by atoms with Crippen LogP contribution in [0.3, 0.4) is 0 Å². The fourth-order valence-electron chi connectivity index (χ4n) is 2.80. The third-order valence-electron chi connectivity index (χ3n) is 4.20. The van der Waals surface area contributed by atoms with Crippen molar-refractivity contribution < 1.29 is 18.9 Å². The van der Waals surface area contributed by atoms with Gasteiger partial charge in [0.2, 0.25) is 0 Å². The Hall–Kier alpha value is -1.63. The van der Waals surface area contributed by atoms with Gasteiger partial charge in [-0.05, 0) is 46.7 Å². The van der Waals surface area contributed by atoms with Gasteiger partial charge in [0, 0.05) is 6.07 Å². The number of ether oxygens (including phenoxy) is 4. The van der Waals surface area contributed by atoms with Crippen LogP contribution in [0, 0.1) is 3.57 Å². The predicted molar refractivity (Wildman–Crippen MR) is 114 cm³/mol. The average molecular weight is 470 g/mol. The zero-order valence-electron chi connectivity index (χ0n) is 15.9. The molecule has 0 radical (unpaired) electrons. The summed E-state index contributed by atoms with van der Waals surface area (Å²) in [5.74, 6) is 3.07. The van der Waals surface area contributed by atoms with E-state index in [0.29, 0.717) is 5.75 Å². The van der Waals surface area contributed by atoms with E-state index in [4.69, 9.17) is 18.9 Å². The van der Waals surface area contributed by atoms with Crippen molar-refractivity contribution in [1.29, 1.82) is 0 Å². The van der Waals surface area contributed by atoms with Crippen LogP contribution in [0.5, 0.6) is 23.0 Å². The van der Waals surface area contributed by atoms with Crippen molar-refractivity contribution in [3.05, 3.63) is 33.9 Å². The molecule has 0 aliphatic heterocycles.